The number of amides is 2. The molecule has 3 aliphatic rings. The zero-order valence-electron chi connectivity index (χ0n) is 26.5. The number of aliphatic hydroxyl groups is 1. The Hall–Kier alpha value is -3.63. The first kappa shape index (κ1) is 32.8. The number of carbonyl (C=O) groups excluding carboxylic acids is 2. The number of aliphatic hydroxyl groups excluding tert-OH is 1. The van der Waals surface area contributed by atoms with E-state index in [1.54, 1.807) is 6.07 Å². The molecule has 2 aromatic carbocycles. The first-order valence-electron chi connectivity index (χ1n) is 16.5. The average Bonchev–Trinajstić information content (AvgIpc) is 3.06. The number of carboxylic acid groups (broad SMARTS) is 1. The first-order valence-corrected chi connectivity index (χ1v) is 16.5. The lowest BCUT2D eigenvalue weighted by atomic mass is 9.78. The Labute approximate surface area is 265 Å². The molecule has 2 aromatic rings. The fourth-order valence-electron chi connectivity index (χ4n) is 7.17. The third kappa shape index (κ3) is 7.28. The fourth-order valence-corrected chi connectivity index (χ4v) is 7.17. The van der Waals surface area contributed by atoms with E-state index in [0.29, 0.717) is 56.3 Å². The van der Waals surface area contributed by atoms with Crippen LogP contribution in [0.25, 0.3) is 0 Å². The lowest BCUT2D eigenvalue weighted by molar-refractivity contribution is -0.166. The van der Waals surface area contributed by atoms with Gasteiger partial charge in [0, 0.05) is 26.2 Å². The van der Waals surface area contributed by atoms with Gasteiger partial charge in [0.15, 0.2) is 11.5 Å². The van der Waals surface area contributed by atoms with E-state index in [0.717, 1.165) is 56.9 Å². The Kier molecular flexibility index (Phi) is 10.7. The number of piperidine rings is 1. The molecule has 0 aromatic heterocycles. The van der Waals surface area contributed by atoms with Crippen LogP contribution in [0.4, 0.5) is 0 Å². The summed E-state index contributed by atoms with van der Waals surface area (Å²) in [6.45, 7) is 4.71. The van der Waals surface area contributed by atoms with Crippen LogP contribution in [0.3, 0.4) is 0 Å². The second kappa shape index (κ2) is 14.6. The zero-order valence-corrected chi connectivity index (χ0v) is 26.5. The number of aromatic carboxylic acids is 1. The Morgan fingerprint density at radius 1 is 1.02 bits per heavy atom. The van der Waals surface area contributed by atoms with Gasteiger partial charge in [-0.1, -0.05) is 51.2 Å². The molecule has 0 radical (unpaired) electrons. The van der Waals surface area contributed by atoms with Crippen LogP contribution in [0.15, 0.2) is 42.5 Å². The lowest BCUT2D eigenvalue weighted by Gasteiger charge is -2.52. The maximum absolute atomic E-state index is 13.9. The summed E-state index contributed by atoms with van der Waals surface area (Å²) in [7, 11) is 1.47. The Morgan fingerprint density at radius 2 is 1.73 bits per heavy atom. The van der Waals surface area contributed by atoms with Crippen molar-refractivity contribution in [2.24, 2.45) is 5.92 Å². The highest BCUT2D eigenvalue weighted by Crippen LogP contribution is 2.37. The molecule has 1 unspecified atom stereocenters. The number of rotatable bonds is 12. The van der Waals surface area contributed by atoms with Gasteiger partial charge in [-0.15, -0.1) is 0 Å². The summed E-state index contributed by atoms with van der Waals surface area (Å²) >= 11 is 0. The number of nitrogens with one attached hydrogen (secondary N) is 1. The molecule has 0 bridgehead atoms. The van der Waals surface area contributed by atoms with Gasteiger partial charge >= 0.3 is 5.97 Å². The largest absolute Gasteiger partial charge is 0.493 e. The van der Waals surface area contributed by atoms with Gasteiger partial charge in [-0.2, -0.15) is 0 Å². The highest BCUT2D eigenvalue weighted by molar-refractivity contribution is 6.00. The average molecular weight is 622 g/mol. The van der Waals surface area contributed by atoms with Crippen LogP contribution in [0.2, 0.25) is 0 Å². The predicted molar refractivity (Wildman–Crippen MR) is 169 cm³/mol. The number of hydrogen-bond donors (Lipinski definition) is 3. The Bertz CT molecular complexity index is 1330. The summed E-state index contributed by atoms with van der Waals surface area (Å²) in [6, 6.07) is 11.3. The monoisotopic (exact) mass is 621 g/mol. The van der Waals surface area contributed by atoms with Crippen molar-refractivity contribution in [1.29, 1.82) is 0 Å². The van der Waals surface area contributed by atoms with Crippen molar-refractivity contribution in [2.75, 3.05) is 26.7 Å². The van der Waals surface area contributed by atoms with E-state index in [1.807, 2.05) is 29.2 Å². The van der Waals surface area contributed by atoms with E-state index in [1.165, 1.54) is 19.2 Å². The molecular formula is C35H47N3O7. The van der Waals surface area contributed by atoms with Crippen molar-refractivity contribution in [1.82, 2.24) is 15.1 Å². The number of carboxylic acids is 1. The molecule has 2 heterocycles. The number of carbonyl (C=O) groups is 3. The van der Waals surface area contributed by atoms with Crippen LogP contribution in [0.1, 0.15) is 87.1 Å². The van der Waals surface area contributed by atoms with E-state index in [-0.39, 0.29) is 23.3 Å². The molecule has 1 aliphatic carbocycles. The summed E-state index contributed by atoms with van der Waals surface area (Å²) in [5.41, 5.74) is 0.330. The molecule has 5 rings (SSSR count). The molecule has 1 saturated carbocycles. The predicted octanol–water partition coefficient (Wildman–Crippen LogP) is 4.98. The van der Waals surface area contributed by atoms with Crippen LogP contribution < -0.4 is 14.8 Å². The number of piperazine rings is 1. The molecule has 45 heavy (non-hydrogen) atoms. The van der Waals surface area contributed by atoms with Gasteiger partial charge < -0.3 is 29.9 Å². The fraction of sp³-hybridized carbons (Fsp3) is 0.571. The number of ether oxygens (including phenoxy) is 2. The van der Waals surface area contributed by atoms with Crippen molar-refractivity contribution in [3.05, 3.63) is 53.6 Å². The van der Waals surface area contributed by atoms with Crippen molar-refractivity contribution >= 4 is 17.8 Å². The smallest absolute Gasteiger partial charge is 0.335 e. The summed E-state index contributed by atoms with van der Waals surface area (Å²) < 4.78 is 11.3. The van der Waals surface area contributed by atoms with E-state index >= 15 is 0 Å². The lowest BCUT2D eigenvalue weighted by Crippen LogP contribution is -2.75. The number of likely N-dealkylation sites (tertiary alicyclic amines) is 1. The van der Waals surface area contributed by atoms with Crippen LogP contribution >= 0.6 is 0 Å². The summed E-state index contributed by atoms with van der Waals surface area (Å²) in [6.07, 6.45) is 8.20. The minimum Gasteiger partial charge on any atom is -0.493 e. The minimum atomic E-state index is -1.04. The second-order valence-corrected chi connectivity index (χ2v) is 12.8. The zero-order chi connectivity index (χ0) is 32.0. The standard InChI is InChI=1S/C35H47N3O7/c1-3-4-8-19-38-32(40)30(31(39)25-9-6-5-7-10-25)36-34(43)35(38)17-20-37(21-18-35)23-24-11-14-27(15-12-24)45-28-16-13-26(33(41)42)22-29(28)44-2/h11-16,22,25,30-31,39H,3-10,17-21,23H2,1-2H3,(H,36,43)(H,41,42)/t30-,31?/m1/s1. The number of methoxy groups -OCH3 is 1. The number of unbranched alkanes of at least 4 members (excludes halogenated alkanes) is 2. The van der Waals surface area contributed by atoms with E-state index in [4.69, 9.17) is 9.47 Å². The number of nitrogens with zero attached hydrogens (tertiary/aromatic N) is 2. The maximum Gasteiger partial charge on any atom is 0.335 e. The summed E-state index contributed by atoms with van der Waals surface area (Å²) in [5, 5.41) is 23.5. The molecule has 2 atom stereocenters. The molecule has 1 spiro atoms. The quantitative estimate of drug-likeness (QED) is 0.283. The molecule has 3 fully saturated rings. The third-order valence-corrected chi connectivity index (χ3v) is 9.87. The van der Waals surface area contributed by atoms with Gasteiger partial charge in [0.25, 0.3) is 0 Å². The Balaban J connectivity index is 1.22. The van der Waals surface area contributed by atoms with Crippen LogP contribution in [-0.2, 0) is 16.1 Å². The first-order chi connectivity index (χ1) is 21.8. The van der Waals surface area contributed by atoms with E-state index in [2.05, 4.69) is 17.1 Å². The van der Waals surface area contributed by atoms with Gasteiger partial charge in [0.2, 0.25) is 11.8 Å². The highest BCUT2D eigenvalue weighted by atomic mass is 16.5. The molecule has 10 heteroatoms. The van der Waals surface area contributed by atoms with Crippen LogP contribution in [-0.4, -0.2) is 82.2 Å². The molecule has 2 saturated heterocycles. The van der Waals surface area contributed by atoms with Crippen molar-refractivity contribution in [3.63, 3.8) is 0 Å². The van der Waals surface area contributed by atoms with Crippen molar-refractivity contribution in [3.8, 4) is 17.2 Å². The second-order valence-electron chi connectivity index (χ2n) is 12.8. The van der Waals surface area contributed by atoms with Gasteiger partial charge in [-0.3, -0.25) is 14.5 Å². The number of benzene rings is 2. The van der Waals surface area contributed by atoms with Gasteiger partial charge in [0.1, 0.15) is 17.3 Å². The molecule has 2 aliphatic heterocycles. The molecule has 3 N–H and O–H groups in total. The normalized spacial score (nSPS) is 21.4. The van der Waals surface area contributed by atoms with Gasteiger partial charge in [-0.25, -0.2) is 4.79 Å². The SMILES string of the molecule is CCCCCN1C(=O)[C@@H](C(O)C2CCCCC2)NC(=O)C12CCN(Cc1ccc(Oc3ccc(C(=O)O)cc3OC)cc1)CC2. The van der Waals surface area contributed by atoms with Crippen LogP contribution in [0, 0.1) is 5.92 Å². The highest BCUT2D eigenvalue weighted by Gasteiger charge is 2.55. The van der Waals surface area contributed by atoms with E-state index in [9.17, 15) is 24.6 Å². The third-order valence-electron chi connectivity index (χ3n) is 9.87. The molecule has 2 amide bonds. The Morgan fingerprint density at radius 3 is 2.38 bits per heavy atom. The van der Waals surface area contributed by atoms with Crippen LogP contribution in [0.5, 0.6) is 17.2 Å². The summed E-state index contributed by atoms with van der Waals surface area (Å²) in [5.74, 6) is 0.137. The van der Waals surface area contributed by atoms with Crippen molar-refractivity contribution < 1.29 is 34.1 Å². The minimum absolute atomic E-state index is 0.0534. The molecule has 244 valence electrons. The van der Waals surface area contributed by atoms with E-state index < -0.39 is 23.7 Å². The molecule has 10 nitrogen and oxygen atoms in total. The maximum atomic E-state index is 13.9. The van der Waals surface area contributed by atoms with Gasteiger partial charge in [0.05, 0.1) is 18.8 Å². The molecular weight excluding hydrogens is 574 g/mol. The van der Waals surface area contributed by atoms with Crippen molar-refractivity contribution in [2.45, 2.75) is 95.4 Å². The number of hydrogen-bond acceptors (Lipinski definition) is 7. The van der Waals surface area contributed by atoms with Gasteiger partial charge in [-0.05, 0) is 73.9 Å². The summed E-state index contributed by atoms with van der Waals surface area (Å²) in [4.78, 5) is 43.2. The topological polar surface area (TPSA) is 129 Å².